The summed E-state index contributed by atoms with van der Waals surface area (Å²) in [5, 5.41) is 12.1. The Morgan fingerprint density at radius 3 is 2.89 bits per heavy atom. The van der Waals surface area contributed by atoms with Gasteiger partial charge < -0.3 is 5.11 Å². The standard InChI is InChI=1S/C12H18AsN5O/c13-11-10-12(16-8-15-11)18(9-17-10)6-5-14-4-2-1-3-7-19/h8-9,14,19H,1-7H2. The van der Waals surface area contributed by atoms with E-state index in [0.717, 1.165) is 54.5 Å². The van der Waals surface area contributed by atoms with Crippen LogP contribution < -0.4 is 9.80 Å². The molecule has 2 aromatic rings. The molecule has 6 nitrogen and oxygen atoms in total. The number of fused-ring (bicyclic) bond motifs is 1. The summed E-state index contributed by atoms with van der Waals surface area (Å²) in [6, 6.07) is 0. The van der Waals surface area contributed by atoms with Gasteiger partial charge in [-0.1, -0.05) is 0 Å². The van der Waals surface area contributed by atoms with Crippen LogP contribution >= 0.6 is 0 Å². The number of nitrogens with one attached hydrogen (secondary N) is 1. The van der Waals surface area contributed by atoms with Crippen molar-refractivity contribution in [1.82, 2.24) is 24.8 Å². The van der Waals surface area contributed by atoms with Crippen LogP contribution in [0.2, 0.25) is 0 Å². The van der Waals surface area contributed by atoms with E-state index in [1.807, 2.05) is 10.9 Å². The second-order valence-electron chi connectivity index (χ2n) is 4.34. The molecule has 0 unspecified atom stereocenters. The van der Waals surface area contributed by atoms with Crippen molar-refractivity contribution in [3.8, 4) is 0 Å². The van der Waals surface area contributed by atoms with Gasteiger partial charge in [-0.05, 0) is 0 Å². The average molecular weight is 323 g/mol. The van der Waals surface area contributed by atoms with E-state index in [0.29, 0.717) is 6.61 Å². The Morgan fingerprint density at radius 2 is 2.05 bits per heavy atom. The molecular weight excluding hydrogens is 305 g/mol. The van der Waals surface area contributed by atoms with Gasteiger partial charge in [0.1, 0.15) is 0 Å². The number of hydrogen-bond donors (Lipinski definition) is 2. The fourth-order valence-electron chi connectivity index (χ4n) is 1.90. The van der Waals surface area contributed by atoms with Crippen LogP contribution in [0.3, 0.4) is 0 Å². The molecule has 19 heavy (non-hydrogen) atoms. The van der Waals surface area contributed by atoms with Crippen molar-refractivity contribution in [2.45, 2.75) is 25.8 Å². The molecular formula is C12H18AsN5O. The fourth-order valence-corrected chi connectivity index (χ4v) is 2.33. The van der Waals surface area contributed by atoms with E-state index < -0.39 is 0 Å². The monoisotopic (exact) mass is 323 g/mol. The fraction of sp³-hybridized carbons (Fsp3) is 0.583. The molecule has 2 rings (SSSR count). The zero-order chi connectivity index (χ0) is 13.5. The molecule has 0 saturated carbocycles. The van der Waals surface area contributed by atoms with Crippen LogP contribution in [-0.4, -0.2) is 61.2 Å². The van der Waals surface area contributed by atoms with E-state index in [1.165, 1.54) is 0 Å². The molecule has 0 fully saturated rings. The van der Waals surface area contributed by atoms with Crippen molar-refractivity contribution < 1.29 is 5.11 Å². The van der Waals surface area contributed by atoms with Crippen molar-refractivity contribution in [2.24, 2.45) is 0 Å². The first-order valence-electron chi connectivity index (χ1n) is 6.49. The Labute approximate surface area is 121 Å². The number of rotatable bonds is 8. The van der Waals surface area contributed by atoms with Crippen LogP contribution in [0.5, 0.6) is 0 Å². The van der Waals surface area contributed by atoms with Crippen molar-refractivity contribution in [2.75, 3.05) is 19.7 Å². The Kier molecular flexibility index (Phi) is 5.76. The van der Waals surface area contributed by atoms with Crippen LogP contribution in [0, 0.1) is 0 Å². The summed E-state index contributed by atoms with van der Waals surface area (Å²) >= 11 is 2.42. The van der Waals surface area contributed by atoms with Crippen LogP contribution in [0.25, 0.3) is 11.2 Å². The second-order valence-corrected chi connectivity index (χ2v) is 5.23. The van der Waals surface area contributed by atoms with E-state index >= 15 is 0 Å². The van der Waals surface area contributed by atoms with E-state index in [-0.39, 0.29) is 0 Å². The maximum absolute atomic E-state index is 8.67. The van der Waals surface area contributed by atoms with Crippen LogP contribution in [-0.2, 0) is 6.54 Å². The Hall–Kier alpha value is -0.972. The Morgan fingerprint density at radius 1 is 1.16 bits per heavy atom. The van der Waals surface area contributed by atoms with E-state index in [2.05, 4.69) is 37.1 Å². The number of aliphatic hydroxyl groups is 1. The van der Waals surface area contributed by atoms with Crippen LogP contribution in [0.15, 0.2) is 12.7 Å². The zero-order valence-electron chi connectivity index (χ0n) is 10.8. The molecule has 0 saturated heterocycles. The third kappa shape index (κ3) is 3.99. The first-order valence-corrected chi connectivity index (χ1v) is 7.43. The average Bonchev–Trinajstić information content (AvgIpc) is 2.83. The molecule has 2 aromatic heterocycles. The van der Waals surface area contributed by atoms with Crippen LogP contribution in [0.4, 0.5) is 0 Å². The normalized spacial score (nSPS) is 11.3. The molecule has 2 heterocycles. The van der Waals surface area contributed by atoms with Crippen molar-refractivity contribution in [3.63, 3.8) is 0 Å². The minimum absolute atomic E-state index is 0.290. The predicted molar refractivity (Wildman–Crippen MR) is 74.5 cm³/mol. The summed E-state index contributed by atoms with van der Waals surface area (Å²) in [6.07, 6.45) is 6.44. The summed E-state index contributed by atoms with van der Waals surface area (Å²) in [6.45, 7) is 3.01. The third-order valence-electron chi connectivity index (χ3n) is 2.92. The molecule has 0 aliphatic rings. The van der Waals surface area contributed by atoms with Crippen LogP contribution in [0.1, 0.15) is 19.3 Å². The molecule has 2 N–H and O–H groups in total. The molecule has 0 spiro atoms. The SMILES string of the molecule is OCCCCCNCCn1cnc2c([As])ncnc21. The molecule has 0 aliphatic heterocycles. The van der Waals surface area contributed by atoms with Gasteiger partial charge in [0, 0.05) is 0 Å². The predicted octanol–water partition coefficient (Wildman–Crippen LogP) is -0.628. The first-order chi connectivity index (χ1) is 9.33. The summed E-state index contributed by atoms with van der Waals surface area (Å²) in [5.41, 5.74) is 1.73. The molecule has 0 amide bonds. The zero-order valence-corrected chi connectivity index (χ0v) is 12.7. The number of imidazole rings is 1. The quantitative estimate of drug-likeness (QED) is 0.500. The summed E-state index contributed by atoms with van der Waals surface area (Å²) in [7, 11) is 0. The van der Waals surface area contributed by atoms with Crippen molar-refractivity contribution in [3.05, 3.63) is 12.7 Å². The molecule has 0 aromatic carbocycles. The molecule has 7 heteroatoms. The topological polar surface area (TPSA) is 75.9 Å². The number of hydrogen-bond acceptors (Lipinski definition) is 5. The molecule has 102 valence electrons. The van der Waals surface area contributed by atoms with Crippen molar-refractivity contribution in [1.29, 1.82) is 0 Å². The van der Waals surface area contributed by atoms with Crippen molar-refractivity contribution >= 4 is 32.5 Å². The van der Waals surface area contributed by atoms with Gasteiger partial charge in [0.15, 0.2) is 0 Å². The summed E-state index contributed by atoms with van der Waals surface area (Å²) in [5.74, 6) is 0. The number of unbranched alkanes of at least 4 members (excludes halogenated alkanes) is 2. The van der Waals surface area contributed by atoms with Gasteiger partial charge in [-0.15, -0.1) is 0 Å². The van der Waals surface area contributed by atoms with E-state index in [1.54, 1.807) is 6.33 Å². The van der Waals surface area contributed by atoms with Gasteiger partial charge >= 0.3 is 115 Å². The van der Waals surface area contributed by atoms with E-state index in [4.69, 9.17) is 5.11 Å². The number of nitrogens with zero attached hydrogens (tertiary/aromatic N) is 4. The second kappa shape index (κ2) is 7.58. The van der Waals surface area contributed by atoms with E-state index in [9.17, 15) is 0 Å². The van der Waals surface area contributed by atoms with Gasteiger partial charge in [-0.3, -0.25) is 0 Å². The minimum atomic E-state index is 0.290. The van der Waals surface area contributed by atoms with Gasteiger partial charge in [-0.25, -0.2) is 0 Å². The Bertz CT molecular complexity index is 516. The Balaban J connectivity index is 1.77. The summed E-state index contributed by atoms with van der Waals surface area (Å²) in [4.78, 5) is 12.7. The third-order valence-corrected chi connectivity index (χ3v) is 3.61. The number of aliphatic hydroxyl groups excluding tert-OH is 1. The van der Waals surface area contributed by atoms with Gasteiger partial charge in [0.05, 0.1) is 0 Å². The molecule has 0 aliphatic carbocycles. The van der Waals surface area contributed by atoms with Gasteiger partial charge in [0.2, 0.25) is 0 Å². The molecule has 0 atom stereocenters. The molecule has 2 radical (unpaired) electrons. The molecule has 0 bridgehead atoms. The van der Waals surface area contributed by atoms with Gasteiger partial charge in [0.25, 0.3) is 0 Å². The summed E-state index contributed by atoms with van der Waals surface area (Å²) < 4.78 is 2.89. The van der Waals surface area contributed by atoms with Gasteiger partial charge in [-0.2, -0.15) is 0 Å². The first kappa shape index (κ1) is 14.4. The number of aromatic nitrogens is 4. The maximum atomic E-state index is 8.67.